The molecule has 0 aliphatic carbocycles. The molecule has 90 valence electrons. The molecule has 1 heterocycles. The van der Waals surface area contributed by atoms with Gasteiger partial charge in [-0.1, -0.05) is 18.2 Å². The minimum Gasteiger partial charge on any atom is -0.452 e. The molecule has 0 spiro atoms. The highest BCUT2D eigenvalue weighted by Crippen LogP contribution is 2.25. The van der Waals surface area contributed by atoms with E-state index in [1.165, 1.54) is 16.7 Å². The van der Waals surface area contributed by atoms with Crippen LogP contribution in [0.25, 0.3) is 0 Å². The summed E-state index contributed by atoms with van der Waals surface area (Å²) < 4.78 is 6.01. The van der Waals surface area contributed by atoms with Crippen molar-refractivity contribution in [3.63, 3.8) is 0 Å². The number of aliphatic hydroxyl groups excluding tert-OH is 1. The molecule has 0 bridgehead atoms. The van der Waals surface area contributed by atoms with Gasteiger partial charge in [0, 0.05) is 6.42 Å². The quantitative estimate of drug-likeness (QED) is 0.930. The average molecular weight is 295 g/mol. The van der Waals surface area contributed by atoms with Crippen molar-refractivity contribution in [3.05, 3.63) is 57.5 Å². The number of hydrogen-bond acceptors (Lipinski definition) is 2. The summed E-state index contributed by atoms with van der Waals surface area (Å²) in [6, 6.07) is 9.75. The highest BCUT2D eigenvalue weighted by molar-refractivity contribution is 9.10. The van der Waals surface area contributed by atoms with Gasteiger partial charge in [-0.2, -0.15) is 0 Å². The molecule has 0 saturated heterocycles. The van der Waals surface area contributed by atoms with Gasteiger partial charge in [-0.3, -0.25) is 0 Å². The molecule has 0 aliphatic heterocycles. The molecule has 2 rings (SSSR count). The van der Waals surface area contributed by atoms with Crippen molar-refractivity contribution in [2.45, 2.75) is 26.4 Å². The Kier molecular flexibility index (Phi) is 3.69. The fourth-order valence-electron chi connectivity index (χ4n) is 1.97. The summed E-state index contributed by atoms with van der Waals surface area (Å²) in [5, 5.41) is 10.1. The van der Waals surface area contributed by atoms with Crippen LogP contribution in [0.1, 0.15) is 28.6 Å². The molecular weight excluding hydrogens is 280 g/mol. The van der Waals surface area contributed by atoms with E-state index < -0.39 is 6.10 Å². The highest BCUT2D eigenvalue weighted by atomic mass is 79.9. The number of halogens is 1. The van der Waals surface area contributed by atoms with E-state index in [0.717, 1.165) is 0 Å². The fraction of sp³-hybridized carbons (Fsp3) is 0.286. The Labute approximate surface area is 109 Å². The number of aliphatic hydroxyl groups is 1. The number of hydrogen-bond donors (Lipinski definition) is 1. The van der Waals surface area contributed by atoms with Crippen molar-refractivity contribution in [2.24, 2.45) is 0 Å². The van der Waals surface area contributed by atoms with Gasteiger partial charge in [0.1, 0.15) is 11.9 Å². The maximum Gasteiger partial charge on any atom is 0.169 e. The third-order valence-electron chi connectivity index (χ3n) is 2.96. The zero-order chi connectivity index (χ0) is 12.4. The van der Waals surface area contributed by atoms with Gasteiger partial charge in [0.25, 0.3) is 0 Å². The van der Waals surface area contributed by atoms with Crippen LogP contribution in [0.5, 0.6) is 0 Å². The van der Waals surface area contributed by atoms with Crippen LogP contribution in [0, 0.1) is 13.8 Å². The normalized spacial score (nSPS) is 12.7. The average Bonchev–Trinajstić information content (AvgIpc) is 2.70. The van der Waals surface area contributed by atoms with Crippen LogP contribution in [0.3, 0.4) is 0 Å². The molecule has 1 unspecified atom stereocenters. The van der Waals surface area contributed by atoms with Crippen LogP contribution in [-0.2, 0) is 6.42 Å². The molecule has 1 atom stereocenters. The van der Waals surface area contributed by atoms with Crippen molar-refractivity contribution in [2.75, 3.05) is 0 Å². The molecule has 2 nitrogen and oxygen atoms in total. The molecule has 0 amide bonds. The molecule has 2 aromatic rings. The number of furan rings is 1. The van der Waals surface area contributed by atoms with Crippen molar-refractivity contribution >= 4 is 15.9 Å². The topological polar surface area (TPSA) is 33.4 Å². The van der Waals surface area contributed by atoms with Crippen LogP contribution < -0.4 is 0 Å². The summed E-state index contributed by atoms with van der Waals surface area (Å²) in [4.78, 5) is 0. The van der Waals surface area contributed by atoms with E-state index in [4.69, 9.17) is 4.42 Å². The van der Waals surface area contributed by atoms with Crippen molar-refractivity contribution in [1.29, 1.82) is 0 Å². The molecule has 3 heteroatoms. The molecule has 17 heavy (non-hydrogen) atoms. The third-order valence-corrected chi connectivity index (χ3v) is 3.39. The highest BCUT2D eigenvalue weighted by Gasteiger charge is 2.15. The molecule has 0 radical (unpaired) electrons. The van der Waals surface area contributed by atoms with E-state index in [0.29, 0.717) is 16.9 Å². The maximum atomic E-state index is 10.1. The van der Waals surface area contributed by atoms with Gasteiger partial charge in [0.2, 0.25) is 0 Å². The number of rotatable bonds is 3. The zero-order valence-electron chi connectivity index (χ0n) is 9.90. The van der Waals surface area contributed by atoms with E-state index in [9.17, 15) is 5.11 Å². The Morgan fingerprint density at radius 1 is 1.18 bits per heavy atom. The Bertz CT molecular complexity index is 496. The van der Waals surface area contributed by atoms with E-state index in [-0.39, 0.29) is 0 Å². The lowest BCUT2D eigenvalue weighted by Gasteiger charge is -2.13. The lowest BCUT2D eigenvalue weighted by atomic mass is 9.97. The van der Waals surface area contributed by atoms with Crippen molar-refractivity contribution < 1.29 is 9.52 Å². The first-order chi connectivity index (χ1) is 8.08. The van der Waals surface area contributed by atoms with E-state index >= 15 is 0 Å². The van der Waals surface area contributed by atoms with Crippen LogP contribution in [0.2, 0.25) is 0 Å². The standard InChI is InChI=1S/C14H15BrO2/c1-9-4-3-5-10(2)11(9)8-12(16)13-6-7-14(15)17-13/h3-7,12,16H,8H2,1-2H3. The zero-order valence-corrected chi connectivity index (χ0v) is 11.5. The van der Waals surface area contributed by atoms with Gasteiger partial charge in [-0.15, -0.1) is 0 Å². The van der Waals surface area contributed by atoms with Crippen LogP contribution in [0.15, 0.2) is 39.4 Å². The summed E-state index contributed by atoms with van der Waals surface area (Å²) in [6.07, 6.45) is -0.0144. The third kappa shape index (κ3) is 2.79. The number of benzene rings is 1. The van der Waals surface area contributed by atoms with Gasteiger partial charge in [0.05, 0.1) is 0 Å². The molecule has 1 aromatic carbocycles. The van der Waals surface area contributed by atoms with Gasteiger partial charge < -0.3 is 9.52 Å². The van der Waals surface area contributed by atoms with Gasteiger partial charge in [-0.05, 0) is 58.6 Å². The minimum atomic E-state index is -0.596. The Balaban J connectivity index is 2.21. The minimum absolute atomic E-state index is 0.582. The lowest BCUT2D eigenvalue weighted by molar-refractivity contribution is 0.148. The predicted molar refractivity (Wildman–Crippen MR) is 71.0 cm³/mol. The van der Waals surface area contributed by atoms with Crippen molar-refractivity contribution in [1.82, 2.24) is 0 Å². The predicted octanol–water partition coefficient (Wildman–Crippen LogP) is 3.94. The molecule has 0 fully saturated rings. The van der Waals surface area contributed by atoms with Crippen molar-refractivity contribution in [3.8, 4) is 0 Å². The number of aryl methyl sites for hydroxylation is 2. The fourth-order valence-corrected chi connectivity index (χ4v) is 2.29. The Morgan fingerprint density at radius 2 is 1.82 bits per heavy atom. The SMILES string of the molecule is Cc1cccc(C)c1CC(O)c1ccc(Br)o1. The summed E-state index contributed by atoms with van der Waals surface area (Å²) in [7, 11) is 0. The molecule has 1 aromatic heterocycles. The van der Waals surface area contributed by atoms with Gasteiger partial charge in [0.15, 0.2) is 4.67 Å². The molecule has 1 N–H and O–H groups in total. The molecular formula is C14H15BrO2. The second-order valence-corrected chi connectivity index (χ2v) is 5.01. The Morgan fingerprint density at radius 3 is 2.35 bits per heavy atom. The maximum absolute atomic E-state index is 10.1. The van der Waals surface area contributed by atoms with Crippen LogP contribution >= 0.6 is 15.9 Å². The summed E-state index contributed by atoms with van der Waals surface area (Å²) >= 11 is 3.24. The first-order valence-electron chi connectivity index (χ1n) is 5.56. The van der Waals surface area contributed by atoms with E-state index in [2.05, 4.69) is 41.9 Å². The van der Waals surface area contributed by atoms with E-state index in [1.54, 1.807) is 12.1 Å². The van der Waals surface area contributed by atoms with Gasteiger partial charge >= 0.3 is 0 Å². The largest absolute Gasteiger partial charge is 0.452 e. The van der Waals surface area contributed by atoms with Crippen LogP contribution in [0.4, 0.5) is 0 Å². The molecule has 0 aliphatic rings. The smallest absolute Gasteiger partial charge is 0.169 e. The summed E-state index contributed by atoms with van der Waals surface area (Å²) in [5.74, 6) is 0.597. The summed E-state index contributed by atoms with van der Waals surface area (Å²) in [5.41, 5.74) is 3.59. The van der Waals surface area contributed by atoms with E-state index in [1.807, 2.05) is 6.07 Å². The Hall–Kier alpha value is -1.06. The second kappa shape index (κ2) is 5.07. The first-order valence-corrected chi connectivity index (χ1v) is 6.35. The van der Waals surface area contributed by atoms with Crippen LogP contribution in [-0.4, -0.2) is 5.11 Å². The second-order valence-electron chi connectivity index (χ2n) is 4.23. The summed E-state index contributed by atoms with van der Waals surface area (Å²) in [6.45, 7) is 4.13. The lowest BCUT2D eigenvalue weighted by Crippen LogP contribution is -2.03. The van der Waals surface area contributed by atoms with Gasteiger partial charge in [-0.25, -0.2) is 0 Å². The molecule has 0 saturated carbocycles. The monoisotopic (exact) mass is 294 g/mol. The first kappa shape index (κ1) is 12.4.